The molecular weight excluding hydrogens is 273 g/mol. The van der Waals surface area contributed by atoms with Crippen molar-refractivity contribution in [3.8, 4) is 0 Å². The molecule has 0 aromatic rings. The number of hydrogen-bond donors (Lipinski definition) is 2. The number of sulfone groups is 1. The topological polar surface area (TPSA) is 89.6 Å². The number of methoxy groups -OCH3 is 1. The van der Waals surface area contributed by atoms with Crippen molar-refractivity contribution in [1.29, 1.82) is 0 Å². The van der Waals surface area contributed by atoms with Gasteiger partial charge in [0.1, 0.15) is 6.67 Å². The van der Waals surface area contributed by atoms with Gasteiger partial charge in [-0.15, -0.1) is 0 Å². The van der Waals surface area contributed by atoms with Gasteiger partial charge >= 0.3 is 0 Å². The minimum absolute atomic E-state index is 0.188. The van der Waals surface area contributed by atoms with Gasteiger partial charge in [0.05, 0.1) is 30.3 Å². The molecule has 2 unspecified atom stereocenters. The van der Waals surface area contributed by atoms with E-state index in [9.17, 15) is 12.8 Å². The fourth-order valence-electron chi connectivity index (χ4n) is 1.55. The molecule has 0 aliphatic rings. The van der Waals surface area contributed by atoms with Crippen LogP contribution in [0.4, 0.5) is 4.39 Å². The van der Waals surface area contributed by atoms with Crippen LogP contribution in [0.3, 0.4) is 0 Å². The van der Waals surface area contributed by atoms with Crippen molar-refractivity contribution in [1.82, 2.24) is 0 Å². The first kappa shape index (κ1) is 18.2. The Morgan fingerprint density at radius 3 is 2.58 bits per heavy atom. The van der Waals surface area contributed by atoms with Gasteiger partial charge in [0.25, 0.3) is 0 Å². The first-order valence-corrected chi connectivity index (χ1v) is 7.72. The number of halogens is 1. The summed E-state index contributed by atoms with van der Waals surface area (Å²) >= 11 is 0. The Kier molecular flexibility index (Phi) is 8.82. The standard InChI is InChI=1S/C12H22FNO4S/c1-3-10(12(18-2)11(14)9-13)5-4-7-19(16,17)8-6-15/h3-5,11-12,15H,6-9,14H2,1-2H3/b5-4-,10-3+. The molecule has 0 bridgehead atoms. The largest absolute Gasteiger partial charge is 0.395 e. The van der Waals surface area contributed by atoms with Crippen molar-refractivity contribution in [3.63, 3.8) is 0 Å². The molecule has 0 radical (unpaired) electrons. The van der Waals surface area contributed by atoms with E-state index in [1.165, 1.54) is 13.2 Å². The zero-order valence-electron chi connectivity index (χ0n) is 11.3. The fraction of sp³-hybridized carbons (Fsp3) is 0.667. The molecule has 0 saturated heterocycles. The maximum atomic E-state index is 12.6. The SMILES string of the molecule is C/C=C(\C=C/CS(=O)(=O)CCO)C(OC)C(N)CF. The van der Waals surface area contributed by atoms with Crippen LogP contribution in [0.1, 0.15) is 6.92 Å². The Labute approximate surface area is 113 Å². The van der Waals surface area contributed by atoms with Crippen molar-refractivity contribution in [2.45, 2.75) is 19.1 Å². The van der Waals surface area contributed by atoms with Crippen LogP contribution < -0.4 is 5.73 Å². The molecular formula is C12H22FNO4S. The van der Waals surface area contributed by atoms with E-state index in [1.807, 2.05) is 0 Å². The molecule has 0 heterocycles. The zero-order chi connectivity index (χ0) is 14.9. The minimum atomic E-state index is -3.30. The highest BCUT2D eigenvalue weighted by Crippen LogP contribution is 2.12. The summed E-state index contributed by atoms with van der Waals surface area (Å²) < 4.78 is 40.4. The molecule has 0 aliphatic carbocycles. The first-order valence-electron chi connectivity index (χ1n) is 5.90. The summed E-state index contributed by atoms with van der Waals surface area (Å²) in [5.41, 5.74) is 6.20. The third-order valence-corrected chi connectivity index (χ3v) is 4.05. The summed E-state index contributed by atoms with van der Waals surface area (Å²) in [5, 5.41) is 8.59. The van der Waals surface area contributed by atoms with Crippen molar-refractivity contribution >= 4 is 9.84 Å². The summed E-state index contributed by atoms with van der Waals surface area (Å²) in [6.45, 7) is 0.603. The Hall–Kier alpha value is -0.760. The molecule has 0 rings (SSSR count). The summed E-state index contributed by atoms with van der Waals surface area (Å²) in [5.74, 6) is -0.466. The van der Waals surface area contributed by atoms with Gasteiger partial charge in [-0.2, -0.15) is 0 Å². The van der Waals surface area contributed by atoms with Gasteiger partial charge in [-0.05, 0) is 12.5 Å². The van der Waals surface area contributed by atoms with E-state index in [-0.39, 0.29) is 11.5 Å². The van der Waals surface area contributed by atoms with Gasteiger partial charge < -0.3 is 15.6 Å². The van der Waals surface area contributed by atoms with E-state index >= 15 is 0 Å². The number of rotatable bonds is 9. The molecule has 0 aromatic heterocycles. The normalized spacial score (nSPS) is 16.8. The minimum Gasteiger partial charge on any atom is -0.395 e. The molecule has 19 heavy (non-hydrogen) atoms. The third kappa shape index (κ3) is 6.81. The lowest BCUT2D eigenvalue weighted by Gasteiger charge is -2.21. The third-order valence-electron chi connectivity index (χ3n) is 2.55. The maximum absolute atomic E-state index is 12.6. The number of nitrogens with two attached hydrogens (primary N) is 1. The monoisotopic (exact) mass is 295 g/mol. The number of alkyl halides is 1. The Morgan fingerprint density at radius 1 is 1.53 bits per heavy atom. The van der Waals surface area contributed by atoms with Gasteiger partial charge in [-0.25, -0.2) is 12.8 Å². The highest BCUT2D eigenvalue weighted by molar-refractivity contribution is 7.91. The molecule has 0 aromatic carbocycles. The number of allylic oxidation sites excluding steroid dienone is 1. The van der Waals surface area contributed by atoms with Crippen molar-refractivity contribution in [2.24, 2.45) is 5.73 Å². The summed E-state index contributed by atoms with van der Waals surface area (Å²) in [6.07, 6.45) is 4.07. The van der Waals surface area contributed by atoms with Gasteiger partial charge in [0.15, 0.2) is 9.84 Å². The number of hydrogen-bond acceptors (Lipinski definition) is 5. The fourth-order valence-corrected chi connectivity index (χ4v) is 2.38. The second-order valence-corrected chi connectivity index (χ2v) is 6.23. The second kappa shape index (κ2) is 9.19. The molecule has 5 nitrogen and oxygen atoms in total. The average Bonchev–Trinajstić information content (AvgIpc) is 2.36. The van der Waals surface area contributed by atoms with E-state index < -0.39 is 35.3 Å². The summed E-state index contributed by atoms with van der Waals surface area (Å²) in [4.78, 5) is 0. The van der Waals surface area contributed by atoms with E-state index in [4.69, 9.17) is 15.6 Å². The van der Waals surface area contributed by atoms with E-state index in [0.717, 1.165) is 0 Å². The highest BCUT2D eigenvalue weighted by atomic mass is 32.2. The molecule has 0 fully saturated rings. The summed E-state index contributed by atoms with van der Waals surface area (Å²) in [7, 11) is -1.89. The van der Waals surface area contributed by atoms with Crippen molar-refractivity contribution in [2.75, 3.05) is 31.9 Å². The van der Waals surface area contributed by atoms with Crippen LogP contribution in [0, 0.1) is 0 Å². The first-order chi connectivity index (χ1) is 8.91. The van der Waals surface area contributed by atoms with Crippen LogP contribution in [0.2, 0.25) is 0 Å². The molecule has 112 valence electrons. The van der Waals surface area contributed by atoms with Gasteiger partial charge in [0, 0.05) is 7.11 Å². The highest BCUT2D eigenvalue weighted by Gasteiger charge is 2.19. The lowest BCUT2D eigenvalue weighted by Crippen LogP contribution is -2.39. The average molecular weight is 295 g/mol. The van der Waals surface area contributed by atoms with Crippen molar-refractivity contribution in [3.05, 3.63) is 23.8 Å². The van der Waals surface area contributed by atoms with Crippen LogP contribution >= 0.6 is 0 Å². The van der Waals surface area contributed by atoms with Gasteiger partial charge in [-0.1, -0.05) is 18.2 Å². The molecule has 0 saturated carbocycles. The lowest BCUT2D eigenvalue weighted by atomic mass is 10.0. The van der Waals surface area contributed by atoms with Crippen LogP contribution in [0.15, 0.2) is 23.8 Å². The van der Waals surface area contributed by atoms with E-state index in [2.05, 4.69) is 0 Å². The van der Waals surface area contributed by atoms with Gasteiger partial charge in [-0.3, -0.25) is 0 Å². The molecule has 2 atom stereocenters. The lowest BCUT2D eigenvalue weighted by molar-refractivity contribution is 0.102. The number of ether oxygens (including phenoxy) is 1. The Balaban J connectivity index is 4.74. The maximum Gasteiger partial charge on any atom is 0.156 e. The Morgan fingerprint density at radius 2 is 2.16 bits per heavy atom. The summed E-state index contributed by atoms with van der Waals surface area (Å²) in [6, 6.07) is -0.796. The molecule has 0 amide bonds. The molecule has 0 spiro atoms. The Bertz CT molecular complexity index is 406. The van der Waals surface area contributed by atoms with Crippen LogP contribution in [0.25, 0.3) is 0 Å². The predicted molar refractivity (Wildman–Crippen MR) is 73.4 cm³/mol. The van der Waals surface area contributed by atoms with Gasteiger partial charge in [0.2, 0.25) is 0 Å². The number of aliphatic hydroxyl groups excluding tert-OH is 1. The predicted octanol–water partition coefficient (Wildman–Crippen LogP) is 0.208. The molecule has 3 N–H and O–H groups in total. The molecule has 0 aliphatic heterocycles. The zero-order valence-corrected chi connectivity index (χ0v) is 12.1. The van der Waals surface area contributed by atoms with Crippen LogP contribution in [-0.2, 0) is 14.6 Å². The van der Waals surface area contributed by atoms with Crippen molar-refractivity contribution < 1.29 is 22.7 Å². The smallest absolute Gasteiger partial charge is 0.156 e. The second-order valence-electron chi connectivity index (χ2n) is 4.00. The number of aliphatic hydroxyl groups is 1. The van der Waals surface area contributed by atoms with Crippen LogP contribution in [-0.4, -0.2) is 57.6 Å². The quantitative estimate of drug-likeness (QED) is 0.593. The van der Waals surface area contributed by atoms with E-state index in [0.29, 0.717) is 5.57 Å². The van der Waals surface area contributed by atoms with Crippen LogP contribution in [0.5, 0.6) is 0 Å². The molecule has 7 heteroatoms. The van der Waals surface area contributed by atoms with E-state index in [1.54, 1.807) is 19.1 Å².